The van der Waals surface area contributed by atoms with Crippen LogP contribution in [0.1, 0.15) is 11.1 Å². The van der Waals surface area contributed by atoms with Gasteiger partial charge in [-0.1, -0.05) is 47.5 Å². The minimum Gasteiger partial charge on any atom is -0.329 e. The van der Waals surface area contributed by atoms with Crippen molar-refractivity contribution in [1.29, 1.82) is 0 Å². The van der Waals surface area contributed by atoms with Crippen LogP contribution in [0.2, 0.25) is 10.0 Å². The number of aliphatic imine (C=N–C) groups is 2. The molecule has 0 aliphatic heterocycles. The fourth-order valence-corrected chi connectivity index (χ4v) is 4.48. The maximum Gasteiger partial charge on any atom is 0.0958 e. The van der Waals surface area contributed by atoms with Gasteiger partial charge in [-0.15, -0.1) is 0 Å². The van der Waals surface area contributed by atoms with Gasteiger partial charge in [-0.25, -0.2) is 9.97 Å². The van der Waals surface area contributed by atoms with Crippen molar-refractivity contribution in [2.45, 2.75) is 13.1 Å². The summed E-state index contributed by atoms with van der Waals surface area (Å²) in [6.07, 6.45) is 7.40. The van der Waals surface area contributed by atoms with Crippen LogP contribution in [0.4, 0.5) is 11.4 Å². The second-order valence-electron chi connectivity index (χ2n) is 8.84. The molecule has 0 spiro atoms. The Labute approximate surface area is 229 Å². The summed E-state index contributed by atoms with van der Waals surface area (Å²) in [6, 6.07) is 27.3. The fourth-order valence-electron chi connectivity index (χ4n) is 4.23. The molecule has 0 radical (unpaired) electrons. The lowest BCUT2D eigenvalue weighted by Gasteiger charge is -2.07. The third-order valence-electron chi connectivity index (χ3n) is 6.26. The Balaban J connectivity index is 1.14. The molecular formula is C30H22Cl2N6. The molecule has 0 amide bonds. The first-order valence-electron chi connectivity index (χ1n) is 12.1. The van der Waals surface area contributed by atoms with Crippen LogP contribution in [0.3, 0.4) is 0 Å². The number of rotatable bonds is 7. The van der Waals surface area contributed by atoms with Crippen molar-refractivity contribution in [1.82, 2.24) is 19.1 Å². The van der Waals surface area contributed by atoms with Crippen LogP contribution in [0.5, 0.6) is 0 Å². The number of aromatic nitrogens is 4. The molecule has 0 aliphatic carbocycles. The van der Waals surface area contributed by atoms with Gasteiger partial charge in [0, 0.05) is 35.6 Å². The molecule has 0 saturated heterocycles. The molecule has 0 unspecified atom stereocenters. The normalized spacial score (nSPS) is 11.9. The lowest BCUT2D eigenvalue weighted by Crippen LogP contribution is -2.05. The van der Waals surface area contributed by atoms with Crippen LogP contribution in [0.15, 0.2) is 108 Å². The summed E-state index contributed by atoms with van der Waals surface area (Å²) in [5.74, 6) is 0. The highest BCUT2D eigenvalue weighted by Gasteiger charge is 2.07. The highest BCUT2D eigenvalue weighted by Crippen LogP contribution is 2.23. The first-order valence-corrected chi connectivity index (χ1v) is 12.9. The summed E-state index contributed by atoms with van der Waals surface area (Å²) in [6.45, 7) is 1.54. The number of benzene rings is 4. The van der Waals surface area contributed by atoms with Crippen molar-refractivity contribution in [2.24, 2.45) is 9.98 Å². The second kappa shape index (κ2) is 10.6. The van der Waals surface area contributed by atoms with Crippen LogP contribution < -0.4 is 0 Å². The van der Waals surface area contributed by atoms with Crippen LogP contribution in [0, 0.1) is 0 Å². The Morgan fingerprint density at radius 3 is 1.42 bits per heavy atom. The predicted octanol–water partition coefficient (Wildman–Crippen LogP) is 7.89. The average molecular weight is 537 g/mol. The zero-order valence-electron chi connectivity index (χ0n) is 20.2. The van der Waals surface area contributed by atoms with Crippen LogP contribution >= 0.6 is 23.2 Å². The Bertz CT molecular complexity index is 1650. The van der Waals surface area contributed by atoms with Gasteiger partial charge in [-0.2, -0.15) is 0 Å². The van der Waals surface area contributed by atoms with Crippen LogP contribution in [-0.2, 0) is 13.1 Å². The number of halogens is 2. The maximum absolute atomic E-state index is 5.96. The standard InChI is InChI=1S/C30H22Cl2N6/c31-23-5-1-21(2-6-23)17-33-25-9-11-29-27(15-25)35-19-37(29)13-14-38-20-36-28-16-26(10-12-30(28)38)34-18-22-3-7-24(32)8-4-22/h1-12,15-20H,13-14H2. The molecule has 186 valence electrons. The fraction of sp³-hybridized carbons (Fsp3) is 0.0667. The highest BCUT2D eigenvalue weighted by atomic mass is 35.5. The van der Waals surface area contributed by atoms with Gasteiger partial charge in [-0.3, -0.25) is 9.98 Å². The Morgan fingerprint density at radius 2 is 1.00 bits per heavy atom. The molecule has 6 aromatic rings. The quantitative estimate of drug-likeness (QED) is 0.195. The van der Waals surface area contributed by atoms with E-state index in [0.717, 1.165) is 57.7 Å². The molecule has 4 aromatic carbocycles. The Kier molecular flexibility index (Phi) is 6.73. The first-order chi connectivity index (χ1) is 18.6. The number of fused-ring (bicyclic) bond motifs is 2. The molecule has 6 nitrogen and oxygen atoms in total. The van der Waals surface area contributed by atoms with E-state index < -0.39 is 0 Å². The second-order valence-corrected chi connectivity index (χ2v) is 9.71. The lowest BCUT2D eigenvalue weighted by atomic mass is 10.2. The molecule has 0 aliphatic rings. The van der Waals surface area contributed by atoms with E-state index in [-0.39, 0.29) is 0 Å². The topological polar surface area (TPSA) is 60.4 Å². The van der Waals surface area contributed by atoms with Crippen molar-refractivity contribution in [3.05, 3.63) is 119 Å². The predicted molar refractivity (Wildman–Crippen MR) is 157 cm³/mol. The van der Waals surface area contributed by atoms with Crippen molar-refractivity contribution in [2.75, 3.05) is 0 Å². The van der Waals surface area contributed by atoms with E-state index in [1.54, 1.807) is 0 Å². The summed E-state index contributed by atoms with van der Waals surface area (Å²) >= 11 is 11.9. The van der Waals surface area contributed by atoms with Gasteiger partial charge in [0.25, 0.3) is 0 Å². The molecule has 0 bridgehead atoms. The van der Waals surface area contributed by atoms with Crippen molar-refractivity contribution >= 4 is 69.1 Å². The van der Waals surface area contributed by atoms with E-state index in [4.69, 9.17) is 23.2 Å². The molecule has 8 heteroatoms. The SMILES string of the molecule is Clc1ccc(C=Nc2ccc3c(c2)ncn3CCn2cnc3cc(N=Cc4ccc(Cl)cc4)ccc32)cc1. The summed E-state index contributed by atoms with van der Waals surface area (Å²) in [5.41, 5.74) is 7.66. The molecule has 2 heterocycles. The largest absolute Gasteiger partial charge is 0.329 e. The Morgan fingerprint density at radius 1 is 0.579 bits per heavy atom. The van der Waals surface area contributed by atoms with Gasteiger partial charge < -0.3 is 9.13 Å². The van der Waals surface area contributed by atoms with E-state index in [9.17, 15) is 0 Å². The summed E-state index contributed by atoms with van der Waals surface area (Å²) < 4.78 is 4.30. The van der Waals surface area contributed by atoms with Gasteiger partial charge in [0.15, 0.2) is 0 Å². The summed E-state index contributed by atoms with van der Waals surface area (Å²) in [4.78, 5) is 18.4. The summed E-state index contributed by atoms with van der Waals surface area (Å²) in [7, 11) is 0. The average Bonchev–Trinajstić information content (AvgIpc) is 3.54. The van der Waals surface area contributed by atoms with E-state index in [1.165, 1.54) is 0 Å². The van der Waals surface area contributed by atoms with Gasteiger partial charge in [0.05, 0.1) is 46.1 Å². The van der Waals surface area contributed by atoms with E-state index >= 15 is 0 Å². The molecule has 0 fully saturated rings. The number of hydrogen-bond acceptors (Lipinski definition) is 4. The minimum atomic E-state index is 0.710. The van der Waals surface area contributed by atoms with Crippen molar-refractivity contribution in [3.8, 4) is 0 Å². The highest BCUT2D eigenvalue weighted by molar-refractivity contribution is 6.30. The number of nitrogens with zero attached hydrogens (tertiary/aromatic N) is 6. The molecule has 0 saturated carbocycles. The summed E-state index contributed by atoms with van der Waals surface area (Å²) in [5, 5.41) is 1.42. The van der Waals surface area contributed by atoms with Gasteiger partial charge in [0.2, 0.25) is 0 Å². The molecule has 0 N–H and O–H groups in total. The van der Waals surface area contributed by atoms with E-state index in [0.29, 0.717) is 10.0 Å². The van der Waals surface area contributed by atoms with Crippen LogP contribution in [-0.4, -0.2) is 31.5 Å². The first kappa shape index (κ1) is 24.1. The maximum atomic E-state index is 5.96. The third kappa shape index (κ3) is 5.37. The van der Waals surface area contributed by atoms with E-state index in [1.807, 2.05) is 97.9 Å². The molecule has 6 rings (SSSR count). The van der Waals surface area contributed by atoms with Gasteiger partial charge >= 0.3 is 0 Å². The van der Waals surface area contributed by atoms with Gasteiger partial charge in [0.1, 0.15) is 0 Å². The molecule has 0 atom stereocenters. The third-order valence-corrected chi connectivity index (χ3v) is 6.76. The number of imidazole rings is 2. The monoisotopic (exact) mass is 536 g/mol. The lowest BCUT2D eigenvalue weighted by molar-refractivity contribution is 0.600. The molecule has 38 heavy (non-hydrogen) atoms. The number of aryl methyl sites for hydroxylation is 2. The number of hydrogen-bond donors (Lipinski definition) is 0. The molecule has 2 aromatic heterocycles. The van der Waals surface area contributed by atoms with Crippen molar-refractivity contribution in [3.63, 3.8) is 0 Å². The zero-order chi connectivity index (χ0) is 25.9. The van der Waals surface area contributed by atoms with Crippen LogP contribution in [0.25, 0.3) is 22.1 Å². The smallest absolute Gasteiger partial charge is 0.0958 e. The minimum absolute atomic E-state index is 0.710. The van der Waals surface area contributed by atoms with Gasteiger partial charge in [-0.05, 0) is 71.8 Å². The Hall–Kier alpha value is -4.26. The molecular weight excluding hydrogens is 515 g/mol. The van der Waals surface area contributed by atoms with E-state index in [2.05, 4.69) is 41.2 Å². The van der Waals surface area contributed by atoms with Crippen molar-refractivity contribution < 1.29 is 0 Å². The zero-order valence-corrected chi connectivity index (χ0v) is 21.8.